The van der Waals surface area contributed by atoms with E-state index in [0.717, 1.165) is 45.2 Å². The number of hydrogen-bond donors (Lipinski definition) is 0. The van der Waals surface area contributed by atoms with E-state index in [0.29, 0.717) is 36.6 Å². The molecule has 0 aromatic heterocycles. The monoisotopic (exact) mass is 390 g/mol. The number of carbonyl (C=O) groups excluding carboxylic acids is 3. The molecule has 0 aromatic carbocycles. The summed E-state index contributed by atoms with van der Waals surface area (Å²) in [5.41, 5.74) is -0.505. The van der Waals surface area contributed by atoms with Crippen molar-refractivity contribution in [1.82, 2.24) is 9.80 Å². The van der Waals surface area contributed by atoms with E-state index in [-0.39, 0.29) is 23.7 Å². The maximum Gasteiger partial charge on any atom is 0.236 e. The molecule has 5 nitrogen and oxygen atoms in total. The van der Waals surface area contributed by atoms with Crippen molar-refractivity contribution in [2.45, 2.75) is 73.1 Å². The average Bonchev–Trinajstić information content (AvgIpc) is 2.85. The fraction of sp³-hybridized carbons (Fsp3) is 0.870. The minimum Gasteiger partial charge on any atom is -0.342 e. The number of rotatable bonds is 6. The Hall–Kier alpha value is -1.39. The lowest BCUT2D eigenvalue weighted by Gasteiger charge is -2.44. The molecular formula is C23H38N2O3. The van der Waals surface area contributed by atoms with Gasteiger partial charge in [0.1, 0.15) is 0 Å². The largest absolute Gasteiger partial charge is 0.342 e. The van der Waals surface area contributed by atoms with Crippen LogP contribution < -0.4 is 0 Å². The highest BCUT2D eigenvalue weighted by atomic mass is 16.2. The maximum absolute atomic E-state index is 13.0. The van der Waals surface area contributed by atoms with Gasteiger partial charge in [0, 0.05) is 32.0 Å². The second-order valence-corrected chi connectivity index (χ2v) is 10.1. The molecule has 5 heteroatoms. The van der Waals surface area contributed by atoms with Crippen LogP contribution in [0.25, 0.3) is 0 Å². The zero-order valence-electron chi connectivity index (χ0n) is 18.4. The van der Waals surface area contributed by atoms with Gasteiger partial charge in [-0.25, -0.2) is 0 Å². The molecule has 3 aliphatic rings. The molecule has 0 N–H and O–H groups in total. The molecule has 0 spiro atoms. The van der Waals surface area contributed by atoms with Crippen molar-refractivity contribution in [3.63, 3.8) is 0 Å². The van der Waals surface area contributed by atoms with Crippen LogP contribution in [0.2, 0.25) is 0 Å². The summed E-state index contributed by atoms with van der Waals surface area (Å²) in [5, 5.41) is 0. The first kappa shape index (κ1) is 21.3. The molecule has 0 aromatic rings. The van der Waals surface area contributed by atoms with Crippen molar-refractivity contribution in [1.29, 1.82) is 0 Å². The molecule has 1 unspecified atom stereocenters. The first-order chi connectivity index (χ1) is 13.2. The normalized spacial score (nSPS) is 31.8. The number of likely N-dealkylation sites (tertiary alicyclic amines) is 2. The maximum atomic E-state index is 13.0. The number of nitrogens with zero attached hydrogens (tertiary/aromatic N) is 2. The Balaban J connectivity index is 1.50. The second kappa shape index (κ2) is 8.16. The Bertz CT molecular complexity index is 615. The van der Waals surface area contributed by atoms with Crippen molar-refractivity contribution >= 4 is 17.7 Å². The highest BCUT2D eigenvalue weighted by molar-refractivity contribution is 6.06. The summed E-state index contributed by atoms with van der Waals surface area (Å²) in [5.74, 6) is 2.33. The number of imide groups is 1. The van der Waals surface area contributed by atoms with Crippen molar-refractivity contribution in [3.8, 4) is 0 Å². The van der Waals surface area contributed by atoms with E-state index in [4.69, 9.17) is 0 Å². The van der Waals surface area contributed by atoms with Crippen LogP contribution >= 0.6 is 0 Å². The fourth-order valence-corrected chi connectivity index (χ4v) is 5.37. The van der Waals surface area contributed by atoms with Crippen LogP contribution in [0.15, 0.2) is 0 Å². The van der Waals surface area contributed by atoms with E-state index in [1.807, 2.05) is 11.8 Å². The zero-order valence-corrected chi connectivity index (χ0v) is 18.4. The van der Waals surface area contributed by atoms with Gasteiger partial charge in [0.05, 0.1) is 5.41 Å². The highest BCUT2D eigenvalue weighted by Gasteiger charge is 2.52. The summed E-state index contributed by atoms with van der Waals surface area (Å²) in [6.45, 7) is 13.0. The molecule has 2 aliphatic heterocycles. The lowest BCUT2D eigenvalue weighted by molar-refractivity contribution is -0.146. The predicted molar refractivity (Wildman–Crippen MR) is 109 cm³/mol. The predicted octanol–water partition coefficient (Wildman–Crippen LogP) is 3.72. The Morgan fingerprint density at radius 1 is 1.07 bits per heavy atom. The third kappa shape index (κ3) is 3.73. The molecular weight excluding hydrogens is 352 g/mol. The first-order valence-electron chi connectivity index (χ1n) is 11.3. The first-order valence-corrected chi connectivity index (χ1v) is 11.3. The van der Waals surface area contributed by atoms with Gasteiger partial charge in [-0.1, -0.05) is 34.6 Å². The molecule has 1 aliphatic carbocycles. The van der Waals surface area contributed by atoms with Crippen LogP contribution in [0.3, 0.4) is 0 Å². The third-order valence-electron chi connectivity index (χ3n) is 7.98. The summed E-state index contributed by atoms with van der Waals surface area (Å²) in [7, 11) is 0. The van der Waals surface area contributed by atoms with Crippen LogP contribution in [-0.2, 0) is 14.4 Å². The van der Waals surface area contributed by atoms with Gasteiger partial charge >= 0.3 is 0 Å². The van der Waals surface area contributed by atoms with E-state index in [2.05, 4.69) is 27.7 Å². The molecule has 3 rings (SSSR count). The zero-order chi connectivity index (χ0) is 20.6. The summed E-state index contributed by atoms with van der Waals surface area (Å²) >= 11 is 0. The second-order valence-electron chi connectivity index (χ2n) is 10.1. The topological polar surface area (TPSA) is 57.7 Å². The SMILES string of the molecule is CCC1(C(C)C)CC(=O)N(CC2CCC(C(=O)N3CC(C(C)C)C3)CC2)C1=O. The van der Waals surface area contributed by atoms with Crippen molar-refractivity contribution in [3.05, 3.63) is 0 Å². The number of carbonyl (C=O) groups is 3. The van der Waals surface area contributed by atoms with E-state index < -0.39 is 5.41 Å². The van der Waals surface area contributed by atoms with Crippen LogP contribution in [0.1, 0.15) is 73.1 Å². The molecule has 1 saturated carbocycles. The van der Waals surface area contributed by atoms with Gasteiger partial charge in [-0.05, 0) is 55.8 Å². The number of hydrogen-bond acceptors (Lipinski definition) is 3. The molecule has 1 atom stereocenters. The van der Waals surface area contributed by atoms with E-state index in [1.165, 1.54) is 0 Å². The molecule has 0 bridgehead atoms. The summed E-state index contributed by atoms with van der Waals surface area (Å²) in [4.78, 5) is 41.9. The summed E-state index contributed by atoms with van der Waals surface area (Å²) < 4.78 is 0. The Labute approximate surface area is 170 Å². The molecule has 3 amide bonds. The Morgan fingerprint density at radius 2 is 1.68 bits per heavy atom. The molecule has 28 heavy (non-hydrogen) atoms. The average molecular weight is 391 g/mol. The van der Waals surface area contributed by atoms with Gasteiger partial charge < -0.3 is 4.90 Å². The van der Waals surface area contributed by atoms with E-state index in [1.54, 1.807) is 4.90 Å². The van der Waals surface area contributed by atoms with Gasteiger partial charge in [0.25, 0.3) is 0 Å². The van der Waals surface area contributed by atoms with Crippen molar-refractivity contribution < 1.29 is 14.4 Å². The molecule has 2 heterocycles. The van der Waals surface area contributed by atoms with Gasteiger partial charge in [-0.2, -0.15) is 0 Å². The summed E-state index contributed by atoms with van der Waals surface area (Å²) in [6.07, 6.45) is 4.75. The van der Waals surface area contributed by atoms with Gasteiger partial charge in [0.15, 0.2) is 0 Å². The van der Waals surface area contributed by atoms with Crippen LogP contribution in [-0.4, -0.2) is 47.2 Å². The molecule has 3 fully saturated rings. The van der Waals surface area contributed by atoms with Crippen LogP contribution in [0.5, 0.6) is 0 Å². The van der Waals surface area contributed by atoms with Crippen LogP contribution in [0, 0.1) is 35.0 Å². The lowest BCUT2D eigenvalue weighted by atomic mass is 9.73. The van der Waals surface area contributed by atoms with E-state index >= 15 is 0 Å². The Morgan fingerprint density at radius 3 is 2.14 bits per heavy atom. The van der Waals surface area contributed by atoms with Gasteiger partial charge in [0.2, 0.25) is 17.7 Å². The minimum atomic E-state index is -0.505. The quantitative estimate of drug-likeness (QED) is 0.650. The third-order valence-corrected chi connectivity index (χ3v) is 7.98. The van der Waals surface area contributed by atoms with Crippen molar-refractivity contribution in [2.75, 3.05) is 19.6 Å². The smallest absolute Gasteiger partial charge is 0.236 e. The lowest BCUT2D eigenvalue weighted by Crippen LogP contribution is -2.54. The summed E-state index contributed by atoms with van der Waals surface area (Å²) in [6, 6.07) is 0. The van der Waals surface area contributed by atoms with Gasteiger partial charge in [-0.3, -0.25) is 19.3 Å². The molecule has 0 radical (unpaired) electrons. The number of amides is 3. The highest BCUT2D eigenvalue weighted by Crippen LogP contribution is 2.43. The van der Waals surface area contributed by atoms with Crippen molar-refractivity contribution in [2.24, 2.45) is 35.0 Å². The van der Waals surface area contributed by atoms with E-state index in [9.17, 15) is 14.4 Å². The standard InChI is InChI=1S/C23H38N2O3/c1-6-23(16(4)5)11-20(26)25(22(23)28)12-17-7-9-18(10-8-17)21(27)24-13-19(14-24)15(2)3/h15-19H,6-14H2,1-5H3. The minimum absolute atomic E-state index is 0.000874. The molecule has 2 saturated heterocycles. The van der Waals surface area contributed by atoms with Crippen LogP contribution in [0.4, 0.5) is 0 Å². The Kier molecular flexibility index (Phi) is 6.21. The molecule has 158 valence electrons. The van der Waals surface area contributed by atoms with Gasteiger partial charge in [-0.15, -0.1) is 0 Å². The fourth-order valence-electron chi connectivity index (χ4n) is 5.37.